The van der Waals surface area contributed by atoms with E-state index in [1.165, 1.54) is 6.07 Å². The molecule has 78 valence electrons. The summed E-state index contributed by atoms with van der Waals surface area (Å²) in [5.74, 6) is 0. The summed E-state index contributed by atoms with van der Waals surface area (Å²) in [6.07, 6.45) is -2.61. The molecule has 0 bridgehead atoms. The van der Waals surface area contributed by atoms with Gasteiger partial charge in [0.15, 0.2) is 5.15 Å². The molecule has 0 radical (unpaired) electrons. The highest BCUT2D eigenvalue weighted by Crippen LogP contribution is 2.28. The van der Waals surface area contributed by atoms with E-state index in [0.717, 1.165) is 0 Å². The average Bonchev–Trinajstić information content (AvgIpc) is 2.02. The predicted molar refractivity (Wildman–Crippen MR) is 50.7 cm³/mol. The summed E-state index contributed by atoms with van der Waals surface area (Å²) in [7, 11) is 0. The van der Waals surface area contributed by atoms with Gasteiger partial charge in [-0.15, -0.1) is 5.10 Å². The third-order valence-corrected chi connectivity index (χ3v) is 2.07. The monoisotopic (exact) mass is 220 g/mol. The lowest BCUT2D eigenvalue weighted by Gasteiger charge is -2.17. The quantitative estimate of drug-likeness (QED) is 0.725. The Kier molecular flexibility index (Phi) is 3.04. The molecule has 0 N–H and O–H groups in total. The van der Waals surface area contributed by atoms with E-state index in [-0.39, 0.29) is 16.1 Å². The Morgan fingerprint density at radius 2 is 1.86 bits per heavy atom. The van der Waals surface area contributed by atoms with E-state index in [1.807, 2.05) is 20.8 Å². The zero-order chi connectivity index (χ0) is 10.9. The van der Waals surface area contributed by atoms with Crippen molar-refractivity contribution in [3.8, 4) is 0 Å². The molecule has 0 atom stereocenters. The molecule has 1 heterocycles. The molecule has 0 fully saturated rings. The number of nitrogens with zero attached hydrogens (tertiary/aromatic N) is 2. The molecule has 5 heteroatoms. The SMILES string of the molecule is CC(C)(C)c1cc(C(F)F)c(Cl)nn1. The van der Waals surface area contributed by atoms with E-state index in [4.69, 9.17) is 11.6 Å². The van der Waals surface area contributed by atoms with E-state index in [2.05, 4.69) is 10.2 Å². The lowest BCUT2D eigenvalue weighted by atomic mass is 9.91. The molecule has 1 rings (SSSR count). The highest BCUT2D eigenvalue weighted by Gasteiger charge is 2.21. The first-order chi connectivity index (χ1) is 6.32. The summed E-state index contributed by atoms with van der Waals surface area (Å²) in [6.45, 7) is 5.63. The summed E-state index contributed by atoms with van der Waals surface area (Å²) < 4.78 is 24.9. The van der Waals surface area contributed by atoms with Gasteiger partial charge in [0.1, 0.15) is 0 Å². The Morgan fingerprint density at radius 1 is 1.29 bits per heavy atom. The normalized spacial score (nSPS) is 12.2. The fourth-order valence-electron chi connectivity index (χ4n) is 0.911. The minimum Gasteiger partial charge on any atom is -0.205 e. The van der Waals surface area contributed by atoms with Gasteiger partial charge in [-0.2, -0.15) is 5.10 Å². The highest BCUT2D eigenvalue weighted by molar-refractivity contribution is 6.30. The first-order valence-corrected chi connectivity index (χ1v) is 4.52. The second kappa shape index (κ2) is 3.77. The molecule has 0 aliphatic heterocycles. The maximum atomic E-state index is 12.4. The van der Waals surface area contributed by atoms with Gasteiger partial charge in [0.2, 0.25) is 0 Å². The van der Waals surface area contributed by atoms with E-state index in [0.29, 0.717) is 5.69 Å². The van der Waals surface area contributed by atoms with Crippen LogP contribution in [0.3, 0.4) is 0 Å². The van der Waals surface area contributed by atoms with Crippen LogP contribution in [-0.2, 0) is 5.41 Å². The van der Waals surface area contributed by atoms with Gasteiger partial charge in [0, 0.05) is 5.41 Å². The van der Waals surface area contributed by atoms with Crippen LogP contribution in [0.25, 0.3) is 0 Å². The second-order valence-electron chi connectivity index (χ2n) is 4.03. The second-order valence-corrected chi connectivity index (χ2v) is 4.38. The number of hydrogen-bond donors (Lipinski definition) is 0. The topological polar surface area (TPSA) is 25.8 Å². The van der Waals surface area contributed by atoms with E-state index in [1.54, 1.807) is 0 Å². The van der Waals surface area contributed by atoms with Crippen LogP contribution in [-0.4, -0.2) is 10.2 Å². The molecule has 0 saturated carbocycles. The van der Waals surface area contributed by atoms with Gasteiger partial charge < -0.3 is 0 Å². The summed E-state index contributed by atoms with van der Waals surface area (Å²) in [6, 6.07) is 1.31. The molecule has 0 saturated heterocycles. The summed E-state index contributed by atoms with van der Waals surface area (Å²) in [5.41, 5.74) is -0.0508. The van der Waals surface area contributed by atoms with Crippen molar-refractivity contribution in [2.24, 2.45) is 0 Å². The van der Waals surface area contributed by atoms with E-state index < -0.39 is 6.43 Å². The van der Waals surface area contributed by atoms with Crippen molar-refractivity contribution in [2.45, 2.75) is 32.6 Å². The highest BCUT2D eigenvalue weighted by atomic mass is 35.5. The number of halogens is 3. The smallest absolute Gasteiger partial charge is 0.205 e. The van der Waals surface area contributed by atoms with Crippen LogP contribution < -0.4 is 0 Å². The van der Waals surface area contributed by atoms with Gasteiger partial charge in [-0.25, -0.2) is 8.78 Å². The molecule has 2 nitrogen and oxygen atoms in total. The molecule has 0 aromatic carbocycles. The number of aromatic nitrogens is 2. The standard InChI is InChI=1S/C9H11ClF2N2/c1-9(2,3)6-4-5(8(11)12)7(10)14-13-6/h4,8H,1-3H3. The zero-order valence-electron chi connectivity index (χ0n) is 8.18. The first-order valence-electron chi connectivity index (χ1n) is 4.14. The van der Waals surface area contributed by atoms with Gasteiger partial charge in [0.25, 0.3) is 6.43 Å². The van der Waals surface area contributed by atoms with Crippen LogP contribution in [0.1, 0.15) is 38.5 Å². The fraction of sp³-hybridized carbons (Fsp3) is 0.556. The van der Waals surface area contributed by atoms with Crippen LogP contribution in [0.15, 0.2) is 6.07 Å². The number of hydrogen-bond acceptors (Lipinski definition) is 2. The largest absolute Gasteiger partial charge is 0.266 e. The van der Waals surface area contributed by atoms with Crippen molar-refractivity contribution >= 4 is 11.6 Å². The summed E-state index contributed by atoms with van der Waals surface area (Å²) in [4.78, 5) is 0. The molecule has 0 spiro atoms. The molecule has 1 aromatic heterocycles. The molecule has 0 amide bonds. The first kappa shape index (κ1) is 11.3. The van der Waals surface area contributed by atoms with Gasteiger partial charge >= 0.3 is 0 Å². The van der Waals surface area contributed by atoms with Crippen LogP contribution in [0.4, 0.5) is 8.78 Å². The third kappa shape index (κ3) is 2.38. The number of alkyl halides is 2. The van der Waals surface area contributed by atoms with Gasteiger partial charge in [0.05, 0.1) is 11.3 Å². The predicted octanol–water partition coefficient (Wildman–Crippen LogP) is 3.37. The van der Waals surface area contributed by atoms with Crippen LogP contribution in [0.5, 0.6) is 0 Å². The molecule has 0 unspecified atom stereocenters. The zero-order valence-corrected chi connectivity index (χ0v) is 8.94. The number of rotatable bonds is 1. The van der Waals surface area contributed by atoms with Crippen molar-refractivity contribution in [1.82, 2.24) is 10.2 Å². The Hall–Kier alpha value is -0.770. The van der Waals surface area contributed by atoms with Crippen molar-refractivity contribution in [3.63, 3.8) is 0 Å². The maximum absolute atomic E-state index is 12.4. The van der Waals surface area contributed by atoms with E-state index in [9.17, 15) is 8.78 Å². The molecular formula is C9H11ClF2N2. The Labute approximate surface area is 86.3 Å². The van der Waals surface area contributed by atoms with Crippen molar-refractivity contribution in [3.05, 3.63) is 22.5 Å². The Bertz CT molecular complexity index is 334. The Balaban J connectivity index is 3.20. The molecular weight excluding hydrogens is 210 g/mol. The molecule has 0 aliphatic rings. The third-order valence-electron chi connectivity index (χ3n) is 1.78. The van der Waals surface area contributed by atoms with Crippen LogP contribution in [0.2, 0.25) is 5.15 Å². The fourth-order valence-corrected chi connectivity index (χ4v) is 1.09. The van der Waals surface area contributed by atoms with Gasteiger partial charge in [-0.3, -0.25) is 0 Å². The van der Waals surface area contributed by atoms with Crippen molar-refractivity contribution < 1.29 is 8.78 Å². The summed E-state index contributed by atoms with van der Waals surface area (Å²) in [5, 5.41) is 7.05. The van der Waals surface area contributed by atoms with Crippen LogP contribution >= 0.6 is 11.6 Å². The minimum absolute atomic E-state index is 0.229. The minimum atomic E-state index is -2.61. The average molecular weight is 221 g/mol. The molecule has 0 aliphatic carbocycles. The van der Waals surface area contributed by atoms with Gasteiger partial charge in [-0.1, -0.05) is 32.4 Å². The van der Waals surface area contributed by atoms with Crippen molar-refractivity contribution in [1.29, 1.82) is 0 Å². The lowest BCUT2D eigenvalue weighted by Crippen LogP contribution is -2.15. The molecule has 1 aromatic rings. The van der Waals surface area contributed by atoms with Crippen molar-refractivity contribution in [2.75, 3.05) is 0 Å². The van der Waals surface area contributed by atoms with Gasteiger partial charge in [-0.05, 0) is 6.07 Å². The van der Waals surface area contributed by atoms with E-state index >= 15 is 0 Å². The lowest BCUT2D eigenvalue weighted by molar-refractivity contribution is 0.150. The van der Waals surface area contributed by atoms with Crippen LogP contribution in [0, 0.1) is 0 Å². The Morgan fingerprint density at radius 3 is 2.29 bits per heavy atom. The molecule has 14 heavy (non-hydrogen) atoms. The maximum Gasteiger partial charge on any atom is 0.266 e. The summed E-state index contributed by atoms with van der Waals surface area (Å²) >= 11 is 5.49.